The van der Waals surface area contributed by atoms with Crippen LogP contribution in [0.1, 0.15) is 66.7 Å². The van der Waals surface area contributed by atoms with Gasteiger partial charge in [-0.2, -0.15) is 0 Å². The van der Waals surface area contributed by atoms with Crippen LogP contribution in [0.3, 0.4) is 0 Å². The quantitative estimate of drug-likeness (QED) is 0.840. The number of nitrogens with one attached hydrogen (secondary N) is 1. The molecule has 3 fully saturated rings. The van der Waals surface area contributed by atoms with Crippen LogP contribution >= 0.6 is 0 Å². The van der Waals surface area contributed by atoms with E-state index in [1.165, 1.54) is 32.1 Å². The normalized spacial score (nSPS) is 43.0. The maximum atomic E-state index is 6.38. The Morgan fingerprint density at radius 3 is 2.35 bits per heavy atom. The van der Waals surface area contributed by atoms with Gasteiger partial charge in [0, 0.05) is 12.0 Å². The average molecular weight is 279 g/mol. The van der Waals surface area contributed by atoms with Crippen molar-refractivity contribution in [3.8, 4) is 0 Å². The molecule has 1 saturated heterocycles. The van der Waals surface area contributed by atoms with Crippen LogP contribution in [0.5, 0.6) is 0 Å². The van der Waals surface area contributed by atoms with E-state index in [1.807, 2.05) is 0 Å². The third-order valence-electron chi connectivity index (χ3n) is 6.27. The largest absolute Gasteiger partial charge is 0.369 e. The monoisotopic (exact) mass is 279 g/mol. The Kier molecular flexibility index (Phi) is 3.70. The molecule has 2 heteroatoms. The molecular weight excluding hydrogens is 246 g/mol. The van der Waals surface area contributed by atoms with Gasteiger partial charge in [-0.05, 0) is 77.7 Å². The summed E-state index contributed by atoms with van der Waals surface area (Å²) in [6, 6.07) is 0.659. The van der Waals surface area contributed by atoms with E-state index in [0.717, 1.165) is 24.3 Å². The lowest BCUT2D eigenvalue weighted by atomic mass is 9.71. The first-order valence-electron chi connectivity index (χ1n) is 8.76. The summed E-state index contributed by atoms with van der Waals surface area (Å²) in [5.74, 6) is 3.57. The van der Waals surface area contributed by atoms with Crippen LogP contribution in [0.4, 0.5) is 0 Å². The molecule has 1 N–H and O–H groups in total. The Bertz CT molecular complexity index is 362. The minimum Gasteiger partial charge on any atom is -0.369 e. The molecule has 5 unspecified atom stereocenters. The van der Waals surface area contributed by atoms with E-state index < -0.39 is 0 Å². The van der Waals surface area contributed by atoms with E-state index in [1.54, 1.807) is 0 Å². The van der Waals surface area contributed by atoms with Gasteiger partial charge >= 0.3 is 0 Å². The summed E-state index contributed by atoms with van der Waals surface area (Å²) in [4.78, 5) is 0. The van der Waals surface area contributed by atoms with Crippen molar-refractivity contribution >= 4 is 0 Å². The highest BCUT2D eigenvalue weighted by Crippen LogP contribution is 2.54. The van der Waals surface area contributed by atoms with E-state index in [4.69, 9.17) is 4.74 Å². The highest BCUT2D eigenvalue weighted by molar-refractivity contribution is 5.05. The van der Waals surface area contributed by atoms with Crippen LogP contribution in [-0.2, 0) is 4.74 Å². The second-order valence-corrected chi connectivity index (χ2v) is 8.70. The van der Waals surface area contributed by atoms with Crippen molar-refractivity contribution in [1.29, 1.82) is 0 Å². The van der Waals surface area contributed by atoms with Crippen LogP contribution in [0.2, 0.25) is 0 Å². The van der Waals surface area contributed by atoms with Crippen molar-refractivity contribution in [2.45, 2.75) is 84.0 Å². The summed E-state index contributed by atoms with van der Waals surface area (Å²) < 4.78 is 6.38. The van der Waals surface area contributed by atoms with E-state index in [2.05, 4.69) is 39.9 Å². The molecule has 5 atom stereocenters. The molecule has 2 bridgehead atoms. The summed E-state index contributed by atoms with van der Waals surface area (Å²) in [6.07, 6.45) is 7.15. The molecular formula is C18H33NO. The van der Waals surface area contributed by atoms with Crippen molar-refractivity contribution in [3.63, 3.8) is 0 Å². The van der Waals surface area contributed by atoms with Gasteiger partial charge in [0.25, 0.3) is 0 Å². The Balaban J connectivity index is 1.80. The lowest BCUT2D eigenvalue weighted by molar-refractivity contribution is -0.0804. The molecule has 0 aromatic carbocycles. The number of fused-ring (bicyclic) bond motifs is 2. The first-order valence-corrected chi connectivity index (χ1v) is 8.76. The summed E-state index contributed by atoms with van der Waals surface area (Å²) in [6.45, 7) is 12.5. The summed E-state index contributed by atoms with van der Waals surface area (Å²) >= 11 is 0. The van der Waals surface area contributed by atoms with Crippen LogP contribution in [0, 0.1) is 23.7 Å². The van der Waals surface area contributed by atoms with Crippen LogP contribution in [0.25, 0.3) is 0 Å². The zero-order valence-electron chi connectivity index (χ0n) is 14.0. The molecule has 0 aromatic heterocycles. The first kappa shape index (κ1) is 14.8. The Morgan fingerprint density at radius 1 is 1.15 bits per heavy atom. The first-order chi connectivity index (χ1) is 9.32. The van der Waals surface area contributed by atoms with Gasteiger partial charge in [0.1, 0.15) is 0 Å². The molecule has 116 valence electrons. The second kappa shape index (κ2) is 4.98. The number of hydrogen-bond donors (Lipinski definition) is 1. The fraction of sp³-hybridized carbons (Fsp3) is 1.00. The topological polar surface area (TPSA) is 21.3 Å². The summed E-state index contributed by atoms with van der Waals surface area (Å²) in [5, 5.41) is 3.86. The molecule has 1 aliphatic heterocycles. The SMILES string of the molecule is CCNC(C1CC2CCC1C2)C1CC(C)(C)OC1(C)C. The standard InChI is InChI=1S/C18H33NO/c1-6-19-16(14-10-12-7-8-13(14)9-12)15-11-17(2,3)20-18(15,4)5/h12-16,19H,6-11H2,1-5H3. The molecule has 2 saturated carbocycles. The average Bonchev–Trinajstić information content (AvgIpc) is 2.98. The molecule has 20 heavy (non-hydrogen) atoms. The smallest absolute Gasteiger partial charge is 0.0677 e. The maximum absolute atomic E-state index is 6.38. The van der Waals surface area contributed by atoms with Crippen LogP contribution in [-0.4, -0.2) is 23.8 Å². The van der Waals surface area contributed by atoms with Gasteiger partial charge in [0.2, 0.25) is 0 Å². The Morgan fingerprint density at radius 2 is 1.90 bits per heavy atom. The molecule has 0 spiro atoms. The number of rotatable bonds is 4. The fourth-order valence-electron chi connectivity index (χ4n) is 5.73. The molecule has 0 aromatic rings. The van der Waals surface area contributed by atoms with Gasteiger partial charge < -0.3 is 10.1 Å². The predicted octanol–water partition coefficient (Wildman–Crippen LogP) is 3.99. The van der Waals surface area contributed by atoms with Gasteiger partial charge in [-0.1, -0.05) is 13.3 Å². The Labute approximate surface area is 125 Å². The van der Waals surface area contributed by atoms with E-state index >= 15 is 0 Å². The zero-order valence-corrected chi connectivity index (χ0v) is 14.0. The Hall–Kier alpha value is -0.0800. The molecule has 1 heterocycles. The van der Waals surface area contributed by atoms with Crippen LogP contribution < -0.4 is 5.32 Å². The molecule has 0 amide bonds. The lowest BCUT2D eigenvalue weighted by Crippen LogP contribution is -2.49. The minimum absolute atomic E-state index is 0.0121. The number of hydrogen-bond acceptors (Lipinski definition) is 2. The van der Waals surface area contributed by atoms with Crippen molar-refractivity contribution < 1.29 is 4.74 Å². The van der Waals surface area contributed by atoms with E-state index in [9.17, 15) is 0 Å². The maximum Gasteiger partial charge on any atom is 0.0677 e. The van der Waals surface area contributed by atoms with Gasteiger partial charge in [-0.25, -0.2) is 0 Å². The summed E-state index contributed by atoms with van der Waals surface area (Å²) in [5.41, 5.74) is 0.0532. The summed E-state index contributed by atoms with van der Waals surface area (Å²) in [7, 11) is 0. The van der Waals surface area contributed by atoms with Gasteiger partial charge in [-0.15, -0.1) is 0 Å². The van der Waals surface area contributed by atoms with Crippen molar-refractivity contribution in [1.82, 2.24) is 5.32 Å². The van der Waals surface area contributed by atoms with Gasteiger partial charge in [0.05, 0.1) is 11.2 Å². The molecule has 3 aliphatic rings. The van der Waals surface area contributed by atoms with Gasteiger partial charge in [0.15, 0.2) is 0 Å². The molecule has 2 nitrogen and oxygen atoms in total. The van der Waals surface area contributed by atoms with Gasteiger partial charge in [-0.3, -0.25) is 0 Å². The second-order valence-electron chi connectivity index (χ2n) is 8.70. The van der Waals surface area contributed by atoms with Crippen molar-refractivity contribution in [2.75, 3.05) is 6.54 Å². The van der Waals surface area contributed by atoms with Crippen molar-refractivity contribution in [3.05, 3.63) is 0 Å². The van der Waals surface area contributed by atoms with E-state index in [0.29, 0.717) is 12.0 Å². The number of ether oxygens (including phenoxy) is 1. The minimum atomic E-state index is 0.0121. The lowest BCUT2D eigenvalue weighted by Gasteiger charge is -2.40. The van der Waals surface area contributed by atoms with E-state index in [-0.39, 0.29) is 11.2 Å². The zero-order chi connectivity index (χ0) is 14.5. The van der Waals surface area contributed by atoms with Crippen molar-refractivity contribution in [2.24, 2.45) is 23.7 Å². The fourth-order valence-corrected chi connectivity index (χ4v) is 5.73. The predicted molar refractivity (Wildman–Crippen MR) is 83.8 cm³/mol. The molecule has 2 aliphatic carbocycles. The highest BCUT2D eigenvalue weighted by Gasteiger charge is 2.53. The molecule has 0 radical (unpaired) electrons. The highest BCUT2D eigenvalue weighted by atomic mass is 16.5. The third kappa shape index (κ3) is 2.54. The third-order valence-corrected chi connectivity index (χ3v) is 6.27. The van der Waals surface area contributed by atoms with Crippen LogP contribution in [0.15, 0.2) is 0 Å². The molecule has 3 rings (SSSR count).